The largest absolute Gasteiger partial charge is 0.463 e. The Labute approximate surface area is 170 Å². The van der Waals surface area contributed by atoms with Crippen molar-refractivity contribution in [3.05, 3.63) is 0 Å². The van der Waals surface area contributed by atoms with Gasteiger partial charge in [-0.25, -0.2) is 0 Å². The smallest absolute Gasteiger partial charge is 0.303 e. The molecule has 1 rings (SSSR count). The summed E-state index contributed by atoms with van der Waals surface area (Å²) in [5.41, 5.74) is -0.636. The van der Waals surface area contributed by atoms with E-state index in [2.05, 4.69) is 5.32 Å². The molecule has 10 heteroatoms. The van der Waals surface area contributed by atoms with Gasteiger partial charge >= 0.3 is 17.9 Å². The lowest BCUT2D eigenvalue weighted by molar-refractivity contribution is -0.299. The Kier molecular flexibility index (Phi) is 9.03. The summed E-state index contributed by atoms with van der Waals surface area (Å²) in [7, 11) is 0. The van der Waals surface area contributed by atoms with Crippen LogP contribution in [0.1, 0.15) is 54.9 Å². The van der Waals surface area contributed by atoms with Crippen LogP contribution in [0.4, 0.5) is 0 Å². The number of amides is 1. The highest BCUT2D eigenvalue weighted by Gasteiger charge is 2.52. The van der Waals surface area contributed by atoms with Crippen LogP contribution in [0.3, 0.4) is 0 Å². The summed E-state index contributed by atoms with van der Waals surface area (Å²) >= 11 is 0. The number of nitrogens with one attached hydrogen (secondary N) is 1. The number of rotatable bonds is 8. The van der Waals surface area contributed by atoms with Gasteiger partial charge in [0.15, 0.2) is 18.5 Å². The van der Waals surface area contributed by atoms with Crippen molar-refractivity contribution < 1.29 is 42.9 Å². The van der Waals surface area contributed by atoms with Gasteiger partial charge in [0.05, 0.1) is 5.60 Å². The lowest BCUT2D eigenvalue weighted by Gasteiger charge is -2.46. The van der Waals surface area contributed by atoms with Gasteiger partial charge in [-0.1, -0.05) is 6.92 Å². The van der Waals surface area contributed by atoms with Gasteiger partial charge in [-0.3, -0.25) is 19.2 Å². The minimum Gasteiger partial charge on any atom is -0.463 e. The third kappa shape index (κ3) is 7.98. The van der Waals surface area contributed by atoms with Gasteiger partial charge in [0, 0.05) is 27.7 Å². The maximum atomic E-state index is 11.8. The van der Waals surface area contributed by atoms with E-state index in [1.807, 2.05) is 20.8 Å². The van der Waals surface area contributed by atoms with Crippen LogP contribution in [0.2, 0.25) is 0 Å². The van der Waals surface area contributed by atoms with E-state index in [4.69, 9.17) is 23.7 Å². The van der Waals surface area contributed by atoms with Crippen molar-refractivity contribution in [2.24, 2.45) is 0 Å². The van der Waals surface area contributed by atoms with Gasteiger partial charge in [0.25, 0.3) is 0 Å². The Morgan fingerprint density at radius 3 is 1.93 bits per heavy atom. The quantitative estimate of drug-likeness (QED) is 0.452. The van der Waals surface area contributed by atoms with Crippen LogP contribution in [0.25, 0.3) is 0 Å². The van der Waals surface area contributed by atoms with E-state index in [0.717, 1.165) is 0 Å². The first-order valence-corrected chi connectivity index (χ1v) is 9.44. The molecule has 0 spiro atoms. The monoisotopic (exact) mass is 417 g/mol. The average Bonchev–Trinajstić information content (AvgIpc) is 2.57. The molecule has 1 heterocycles. The van der Waals surface area contributed by atoms with Gasteiger partial charge in [0.1, 0.15) is 18.8 Å². The predicted molar refractivity (Wildman–Crippen MR) is 99.5 cm³/mol. The van der Waals surface area contributed by atoms with Gasteiger partial charge < -0.3 is 29.0 Å². The minimum atomic E-state index is -1.13. The summed E-state index contributed by atoms with van der Waals surface area (Å²) in [4.78, 5) is 46.5. The molecule has 1 aliphatic rings. The molecule has 0 bridgehead atoms. The fourth-order valence-electron chi connectivity index (χ4n) is 2.79. The Morgan fingerprint density at radius 2 is 1.48 bits per heavy atom. The van der Waals surface area contributed by atoms with E-state index in [-0.39, 0.29) is 6.61 Å². The van der Waals surface area contributed by atoms with Crippen molar-refractivity contribution in [2.75, 3.05) is 6.61 Å². The molecule has 0 aromatic carbocycles. The molecule has 0 aliphatic carbocycles. The highest BCUT2D eigenvalue weighted by Crippen LogP contribution is 2.31. The molecule has 10 nitrogen and oxygen atoms in total. The first-order chi connectivity index (χ1) is 13.4. The lowest BCUT2D eigenvalue weighted by atomic mass is 9.95. The van der Waals surface area contributed by atoms with E-state index in [0.29, 0.717) is 6.42 Å². The van der Waals surface area contributed by atoms with Crippen LogP contribution >= 0.6 is 0 Å². The SMILES string of the molecule is CCC(C)(C)OC1OC(COC(C)=O)C(OC(C)=O)C(OC(C)=O)C1NC(C)=O. The molecule has 5 unspecified atom stereocenters. The highest BCUT2D eigenvalue weighted by atomic mass is 16.7. The molecule has 1 aliphatic heterocycles. The zero-order valence-corrected chi connectivity index (χ0v) is 18.0. The summed E-state index contributed by atoms with van der Waals surface area (Å²) in [6.07, 6.45) is -3.65. The maximum Gasteiger partial charge on any atom is 0.303 e. The number of hydrogen-bond donors (Lipinski definition) is 1. The molecule has 1 fully saturated rings. The first-order valence-electron chi connectivity index (χ1n) is 9.44. The summed E-state index contributed by atoms with van der Waals surface area (Å²) in [5, 5.41) is 2.66. The zero-order chi connectivity index (χ0) is 22.4. The summed E-state index contributed by atoms with van der Waals surface area (Å²) in [6, 6.07) is -0.958. The maximum absolute atomic E-state index is 11.8. The summed E-state index contributed by atoms with van der Waals surface area (Å²) in [5.74, 6) is -2.28. The average molecular weight is 417 g/mol. The molecule has 0 aromatic heterocycles. The Balaban J connectivity index is 3.35. The normalized spacial score (nSPS) is 26.9. The summed E-state index contributed by atoms with van der Waals surface area (Å²) in [6.45, 7) is 10.2. The Bertz CT molecular complexity index is 619. The van der Waals surface area contributed by atoms with Gasteiger partial charge in [-0.05, 0) is 20.3 Å². The number of ether oxygens (including phenoxy) is 5. The first kappa shape index (κ1) is 24.8. The summed E-state index contributed by atoms with van der Waals surface area (Å²) < 4.78 is 27.7. The second kappa shape index (κ2) is 10.5. The molecule has 166 valence electrons. The zero-order valence-electron chi connectivity index (χ0n) is 18.0. The van der Waals surface area contributed by atoms with Gasteiger partial charge in [-0.2, -0.15) is 0 Å². The van der Waals surface area contributed by atoms with Crippen molar-refractivity contribution in [2.45, 2.75) is 91.1 Å². The van der Waals surface area contributed by atoms with E-state index >= 15 is 0 Å². The Morgan fingerprint density at radius 1 is 0.931 bits per heavy atom. The third-order valence-electron chi connectivity index (χ3n) is 4.36. The molecular weight excluding hydrogens is 386 g/mol. The molecule has 29 heavy (non-hydrogen) atoms. The fraction of sp³-hybridized carbons (Fsp3) is 0.789. The topological polar surface area (TPSA) is 126 Å². The van der Waals surface area contributed by atoms with Crippen LogP contribution in [-0.2, 0) is 42.9 Å². The van der Waals surface area contributed by atoms with E-state index in [9.17, 15) is 19.2 Å². The van der Waals surface area contributed by atoms with Crippen molar-refractivity contribution in [3.8, 4) is 0 Å². The van der Waals surface area contributed by atoms with Crippen LogP contribution < -0.4 is 5.32 Å². The number of esters is 3. The molecule has 0 aromatic rings. The van der Waals surface area contributed by atoms with Crippen molar-refractivity contribution in [1.29, 1.82) is 0 Å². The second-order valence-corrected chi connectivity index (χ2v) is 7.45. The van der Waals surface area contributed by atoms with Crippen molar-refractivity contribution in [1.82, 2.24) is 5.32 Å². The number of carbonyl (C=O) groups excluding carboxylic acids is 4. The van der Waals surface area contributed by atoms with Crippen LogP contribution in [0.5, 0.6) is 0 Å². The standard InChI is InChI=1S/C19H31NO9/c1-8-19(6,7)29-18-15(20-10(2)21)17(27-13(5)24)16(26-12(4)23)14(28-18)9-25-11(3)22/h14-18H,8-9H2,1-7H3,(H,20,21). The lowest BCUT2D eigenvalue weighted by Crippen LogP contribution is -2.67. The highest BCUT2D eigenvalue weighted by molar-refractivity contribution is 5.73. The van der Waals surface area contributed by atoms with E-state index < -0.39 is 60.1 Å². The predicted octanol–water partition coefficient (Wildman–Crippen LogP) is 0.848. The molecule has 0 saturated carbocycles. The molecule has 5 atom stereocenters. The third-order valence-corrected chi connectivity index (χ3v) is 4.36. The van der Waals surface area contributed by atoms with E-state index in [1.165, 1.54) is 27.7 Å². The Hall–Kier alpha value is -2.20. The molecule has 1 N–H and O–H groups in total. The van der Waals surface area contributed by atoms with Crippen LogP contribution in [0.15, 0.2) is 0 Å². The second-order valence-electron chi connectivity index (χ2n) is 7.45. The molecular formula is C19H31NO9. The number of hydrogen-bond acceptors (Lipinski definition) is 9. The fourth-order valence-corrected chi connectivity index (χ4v) is 2.79. The molecule has 0 radical (unpaired) electrons. The van der Waals surface area contributed by atoms with Crippen molar-refractivity contribution >= 4 is 23.8 Å². The van der Waals surface area contributed by atoms with Gasteiger partial charge in [-0.15, -0.1) is 0 Å². The minimum absolute atomic E-state index is 0.260. The van der Waals surface area contributed by atoms with Crippen molar-refractivity contribution in [3.63, 3.8) is 0 Å². The number of carbonyl (C=O) groups is 4. The van der Waals surface area contributed by atoms with Crippen LogP contribution in [-0.4, -0.2) is 66.7 Å². The van der Waals surface area contributed by atoms with Gasteiger partial charge in [0.2, 0.25) is 5.91 Å². The van der Waals surface area contributed by atoms with E-state index in [1.54, 1.807) is 0 Å². The van der Waals surface area contributed by atoms with Crippen LogP contribution in [0, 0.1) is 0 Å². The molecule has 1 saturated heterocycles. The molecule has 1 amide bonds.